The highest BCUT2D eigenvalue weighted by Crippen LogP contribution is 2.26. The Morgan fingerprint density at radius 1 is 1.13 bits per heavy atom. The van der Waals surface area contributed by atoms with Crippen LogP contribution in [0, 0.1) is 0 Å². The summed E-state index contributed by atoms with van der Waals surface area (Å²) in [5.41, 5.74) is 0. The van der Waals surface area contributed by atoms with Crippen molar-refractivity contribution in [2.45, 2.75) is 31.8 Å². The molecule has 0 aliphatic heterocycles. The molecule has 0 aliphatic carbocycles. The van der Waals surface area contributed by atoms with E-state index < -0.39 is 0 Å². The summed E-state index contributed by atoms with van der Waals surface area (Å²) in [6, 6.07) is 17.7. The van der Waals surface area contributed by atoms with Crippen molar-refractivity contribution >= 4 is 28.4 Å². The third kappa shape index (κ3) is 4.65. The Kier molecular flexibility index (Phi) is 6.34. The largest absolute Gasteiger partial charge is 0.485 e. The monoisotopic (exact) mass is 422 g/mol. The van der Waals surface area contributed by atoms with Crippen LogP contribution in [0.4, 0.5) is 0 Å². The van der Waals surface area contributed by atoms with Gasteiger partial charge in [0.2, 0.25) is 5.91 Å². The number of fused-ring (bicyclic) bond motifs is 1. The van der Waals surface area contributed by atoms with Crippen LogP contribution in [-0.4, -0.2) is 26.4 Å². The fourth-order valence-corrected chi connectivity index (χ4v) is 3.95. The highest BCUT2D eigenvalue weighted by molar-refractivity contribution is 7.99. The van der Waals surface area contributed by atoms with E-state index in [0.717, 1.165) is 28.1 Å². The van der Waals surface area contributed by atoms with Crippen molar-refractivity contribution in [3.8, 4) is 5.75 Å². The topological polar surface area (TPSA) is 82.2 Å². The lowest BCUT2D eigenvalue weighted by molar-refractivity contribution is -0.118. The van der Waals surface area contributed by atoms with E-state index in [1.165, 1.54) is 11.8 Å². The maximum atomic E-state index is 12.1. The second-order valence-electron chi connectivity index (χ2n) is 6.55. The minimum absolute atomic E-state index is 0.0874. The Labute approximate surface area is 178 Å². The van der Waals surface area contributed by atoms with Crippen molar-refractivity contribution in [1.29, 1.82) is 0 Å². The zero-order chi connectivity index (χ0) is 20.8. The van der Waals surface area contributed by atoms with Gasteiger partial charge in [0.05, 0.1) is 18.6 Å². The van der Waals surface area contributed by atoms with E-state index in [9.17, 15) is 4.79 Å². The van der Waals surface area contributed by atoms with Crippen molar-refractivity contribution in [3.05, 3.63) is 72.4 Å². The van der Waals surface area contributed by atoms with Crippen molar-refractivity contribution in [2.75, 3.05) is 5.75 Å². The van der Waals surface area contributed by atoms with Gasteiger partial charge in [0, 0.05) is 11.9 Å². The molecule has 2 aromatic heterocycles. The quantitative estimate of drug-likeness (QED) is 0.410. The fraction of sp³-hybridized carbons (Fsp3) is 0.227. The van der Waals surface area contributed by atoms with Gasteiger partial charge >= 0.3 is 0 Å². The van der Waals surface area contributed by atoms with E-state index >= 15 is 0 Å². The second-order valence-corrected chi connectivity index (χ2v) is 7.50. The first kappa shape index (κ1) is 20.0. The number of carbonyl (C=O) groups excluding carboxylic acids is 1. The molecular weight excluding hydrogens is 400 g/mol. The molecule has 4 rings (SSSR count). The van der Waals surface area contributed by atoms with Gasteiger partial charge in [-0.05, 0) is 30.5 Å². The SMILES string of the molecule is CCn1c(COc2cccc3ccccc23)nnc1SCC(=O)NCc1ccco1. The lowest BCUT2D eigenvalue weighted by Gasteiger charge is -2.10. The van der Waals surface area contributed by atoms with E-state index in [0.29, 0.717) is 24.9 Å². The summed E-state index contributed by atoms with van der Waals surface area (Å²) < 4.78 is 13.2. The van der Waals surface area contributed by atoms with E-state index in [-0.39, 0.29) is 11.7 Å². The average molecular weight is 423 g/mol. The minimum Gasteiger partial charge on any atom is -0.485 e. The van der Waals surface area contributed by atoms with Gasteiger partial charge in [-0.15, -0.1) is 10.2 Å². The van der Waals surface area contributed by atoms with Crippen molar-refractivity contribution in [2.24, 2.45) is 0 Å². The first-order valence-corrected chi connectivity index (χ1v) is 10.7. The highest BCUT2D eigenvalue weighted by Gasteiger charge is 2.14. The summed E-state index contributed by atoms with van der Waals surface area (Å²) in [5, 5.41) is 14.2. The predicted octanol–water partition coefficient (Wildman–Crippen LogP) is 4.03. The van der Waals surface area contributed by atoms with Gasteiger partial charge in [-0.25, -0.2) is 0 Å². The molecule has 0 unspecified atom stereocenters. The van der Waals surface area contributed by atoms with E-state index in [1.807, 2.05) is 47.9 Å². The van der Waals surface area contributed by atoms with Crippen LogP contribution in [0.5, 0.6) is 5.75 Å². The number of carbonyl (C=O) groups is 1. The number of rotatable bonds is 9. The van der Waals surface area contributed by atoms with E-state index in [4.69, 9.17) is 9.15 Å². The number of furan rings is 1. The van der Waals surface area contributed by atoms with Crippen LogP contribution in [0.25, 0.3) is 10.8 Å². The molecule has 1 N–H and O–H groups in total. The van der Waals surface area contributed by atoms with Gasteiger partial charge in [-0.3, -0.25) is 4.79 Å². The maximum absolute atomic E-state index is 12.1. The maximum Gasteiger partial charge on any atom is 0.230 e. The lowest BCUT2D eigenvalue weighted by atomic mass is 10.1. The number of nitrogens with zero attached hydrogens (tertiary/aromatic N) is 3. The van der Waals surface area contributed by atoms with Crippen LogP contribution in [0.2, 0.25) is 0 Å². The third-order valence-corrected chi connectivity index (χ3v) is 5.56. The first-order valence-electron chi connectivity index (χ1n) is 9.69. The van der Waals surface area contributed by atoms with Crippen molar-refractivity contribution in [3.63, 3.8) is 0 Å². The smallest absolute Gasteiger partial charge is 0.230 e. The molecule has 7 nitrogen and oxygen atoms in total. The summed E-state index contributed by atoms with van der Waals surface area (Å²) in [6.07, 6.45) is 1.59. The molecule has 30 heavy (non-hydrogen) atoms. The molecule has 4 aromatic rings. The third-order valence-electron chi connectivity index (χ3n) is 4.59. The van der Waals surface area contributed by atoms with E-state index in [1.54, 1.807) is 12.3 Å². The van der Waals surface area contributed by atoms with Gasteiger partial charge in [-0.2, -0.15) is 0 Å². The van der Waals surface area contributed by atoms with Crippen LogP contribution < -0.4 is 10.1 Å². The molecule has 0 atom stereocenters. The lowest BCUT2D eigenvalue weighted by Crippen LogP contribution is -2.24. The van der Waals surface area contributed by atoms with Gasteiger partial charge in [0.1, 0.15) is 18.1 Å². The van der Waals surface area contributed by atoms with E-state index in [2.05, 4.69) is 27.6 Å². The average Bonchev–Trinajstić information content (AvgIpc) is 3.44. The zero-order valence-corrected chi connectivity index (χ0v) is 17.4. The molecule has 0 aliphatic rings. The Balaban J connectivity index is 1.36. The number of hydrogen-bond acceptors (Lipinski definition) is 6. The number of thioether (sulfide) groups is 1. The highest BCUT2D eigenvalue weighted by atomic mass is 32.2. The number of nitrogens with one attached hydrogen (secondary N) is 1. The molecule has 0 fully saturated rings. The van der Waals surface area contributed by atoms with Gasteiger partial charge in [0.15, 0.2) is 11.0 Å². The predicted molar refractivity (Wildman–Crippen MR) is 115 cm³/mol. The Bertz CT molecular complexity index is 1120. The standard InChI is InChI=1S/C22H22N4O3S/c1-2-26-20(14-29-19-11-5-8-16-7-3-4-10-18(16)19)24-25-22(26)30-15-21(27)23-13-17-9-6-12-28-17/h3-12H,2,13-15H2,1H3,(H,23,27). The van der Waals surface area contributed by atoms with Crippen LogP contribution in [-0.2, 0) is 24.5 Å². The summed E-state index contributed by atoms with van der Waals surface area (Å²) in [7, 11) is 0. The number of benzene rings is 2. The summed E-state index contributed by atoms with van der Waals surface area (Å²) >= 11 is 1.35. The molecule has 2 heterocycles. The molecule has 0 saturated carbocycles. The molecule has 0 radical (unpaired) electrons. The zero-order valence-electron chi connectivity index (χ0n) is 16.6. The van der Waals surface area contributed by atoms with Crippen LogP contribution in [0.1, 0.15) is 18.5 Å². The molecule has 154 valence electrons. The normalized spacial score (nSPS) is 11.0. The Hall–Kier alpha value is -3.26. The van der Waals surface area contributed by atoms with Crippen molar-refractivity contribution < 1.29 is 13.9 Å². The Morgan fingerprint density at radius 2 is 2.00 bits per heavy atom. The molecule has 0 spiro atoms. The molecular formula is C22H22N4O3S. The summed E-state index contributed by atoms with van der Waals surface area (Å²) in [4.78, 5) is 12.1. The second kappa shape index (κ2) is 9.49. The minimum atomic E-state index is -0.0874. The fourth-order valence-electron chi connectivity index (χ4n) is 3.09. The first-order chi connectivity index (χ1) is 14.7. The number of hydrogen-bond donors (Lipinski definition) is 1. The van der Waals surface area contributed by atoms with Crippen LogP contribution in [0.3, 0.4) is 0 Å². The number of amides is 1. The van der Waals surface area contributed by atoms with Gasteiger partial charge in [0.25, 0.3) is 0 Å². The summed E-state index contributed by atoms with van der Waals surface area (Å²) in [6.45, 7) is 3.39. The van der Waals surface area contributed by atoms with Crippen LogP contribution >= 0.6 is 11.8 Å². The molecule has 1 amide bonds. The summed E-state index contributed by atoms with van der Waals surface area (Å²) in [5.74, 6) is 2.42. The van der Waals surface area contributed by atoms with Crippen molar-refractivity contribution in [1.82, 2.24) is 20.1 Å². The van der Waals surface area contributed by atoms with Gasteiger partial charge in [-0.1, -0.05) is 48.2 Å². The molecule has 0 saturated heterocycles. The van der Waals surface area contributed by atoms with Crippen LogP contribution in [0.15, 0.2) is 70.4 Å². The molecule has 2 aromatic carbocycles. The number of aromatic nitrogens is 3. The number of ether oxygens (including phenoxy) is 1. The van der Waals surface area contributed by atoms with Gasteiger partial charge < -0.3 is 19.0 Å². The molecule has 8 heteroatoms. The Morgan fingerprint density at radius 3 is 2.83 bits per heavy atom. The molecule has 0 bridgehead atoms.